The summed E-state index contributed by atoms with van der Waals surface area (Å²) in [6.07, 6.45) is -1.18. The number of rotatable bonds is 9. The van der Waals surface area contributed by atoms with Gasteiger partial charge in [-0.25, -0.2) is 14.1 Å². The molecule has 3 aliphatic heterocycles. The smallest absolute Gasteiger partial charge is 0.337 e. The lowest BCUT2D eigenvalue weighted by Crippen LogP contribution is -2.47. The van der Waals surface area contributed by atoms with Crippen LogP contribution in [0.25, 0.3) is 11.1 Å². The number of nitrogens with zero attached hydrogens (tertiary/aromatic N) is 4. The number of carboxylic acids is 1. The van der Waals surface area contributed by atoms with Crippen molar-refractivity contribution >= 4 is 40.5 Å². The number of piperazine rings is 1. The van der Waals surface area contributed by atoms with Gasteiger partial charge in [0, 0.05) is 76.3 Å². The molecule has 3 aliphatic rings. The maximum absolute atomic E-state index is 15.5. The Balaban J connectivity index is 1.22. The van der Waals surface area contributed by atoms with Crippen LogP contribution in [0.5, 0.6) is 5.75 Å². The first kappa shape index (κ1) is 32.8. The van der Waals surface area contributed by atoms with Crippen molar-refractivity contribution in [2.24, 2.45) is 0 Å². The monoisotopic (exact) mass is 674 g/mol. The molecule has 0 saturated carbocycles. The molecular weight excluding hydrogens is 638 g/mol. The van der Waals surface area contributed by atoms with Crippen LogP contribution < -0.4 is 14.5 Å². The summed E-state index contributed by atoms with van der Waals surface area (Å²) < 4.78 is 32.2. The number of ether oxygens (including phenoxy) is 3. The average molecular weight is 676 g/mol. The minimum Gasteiger partial charge on any atom is -0.478 e. The van der Waals surface area contributed by atoms with Gasteiger partial charge in [0.05, 0.1) is 46.7 Å². The summed E-state index contributed by atoms with van der Waals surface area (Å²) in [5.74, 6) is -1.21. The summed E-state index contributed by atoms with van der Waals surface area (Å²) in [6, 6.07) is 11.4. The lowest BCUT2D eigenvalue weighted by atomic mass is 9.97. The first-order valence-electron chi connectivity index (χ1n) is 15.3. The van der Waals surface area contributed by atoms with Gasteiger partial charge in [0.25, 0.3) is 0 Å². The molecule has 6 rings (SSSR count). The van der Waals surface area contributed by atoms with Crippen LogP contribution in [0.3, 0.4) is 0 Å². The summed E-state index contributed by atoms with van der Waals surface area (Å²) in [5, 5.41) is 22.0. The second-order valence-electron chi connectivity index (χ2n) is 11.6. The van der Waals surface area contributed by atoms with E-state index in [1.165, 1.54) is 12.1 Å². The van der Waals surface area contributed by atoms with Crippen molar-refractivity contribution in [3.8, 4) is 16.9 Å². The van der Waals surface area contributed by atoms with Gasteiger partial charge in [-0.1, -0.05) is 35.3 Å². The van der Waals surface area contributed by atoms with Gasteiger partial charge in [0.15, 0.2) is 0 Å². The molecule has 10 nitrogen and oxygen atoms in total. The van der Waals surface area contributed by atoms with Gasteiger partial charge in [0.1, 0.15) is 24.5 Å². The van der Waals surface area contributed by atoms with Gasteiger partial charge in [-0.05, 0) is 35.9 Å². The highest BCUT2D eigenvalue weighted by Crippen LogP contribution is 2.43. The third-order valence-electron chi connectivity index (χ3n) is 8.82. The fourth-order valence-electron chi connectivity index (χ4n) is 6.30. The maximum atomic E-state index is 15.5. The van der Waals surface area contributed by atoms with E-state index in [0.717, 1.165) is 38.4 Å². The quantitative estimate of drug-likeness (QED) is 0.325. The van der Waals surface area contributed by atoms with E-state index in [0.29, 0.717) is 71.1 Å². The number of carbonyl (C=O) groups is 1. The van der Waals surface area contributed by atoms with Gasteiger partial charge in [-0.2, -0.15) is 0 Å². The number of carboxylic acid groups (broad SMARTS) is 1. The number of hydrogen-bond donors (Lipinski definition) is 2. The van der Waals surface area contributed by atoms with Gasteiger partial charge < -0.3 is 34.2 Å². The van der Waals surface area contributed by atoms with E-state index in [-0.39, 0.29) is 24.4 Å². The van der Waals surface area contributed by atoms with E-state index >= 15 is 4.39 Å². The zero-order valence-electron chi connectivity index (χ0n) is 25.6. The second-order valence-corrected chi connectivity index (χ2v) is 12.4. The van der Waals surface area contributed by atoms with Crippen molar-refractivity contribution in [3.63, 3.8) is 0 Å². The fraction of sp³-hybridized carbons (Fsp3) is 0.424. The number of halogens is 3. The lowest BCUT2D eigenvalue weighted by Gasteiger charge is -2.37. The zero-order chi connectivity index (χ0) is 32.4. The molecule has 2 saturated heterocycles. The Hall–Kier alpha value is -3.16. The SMILES string of the molecule is COCCN1CCN(c2cc(Cl)c(C(O)N3COc4c(ccc(F)c4-c4ccc(C(=O)O)c(N5CCOCC5)c4)C3)c(Cl)c2)CC1. The molecule has 0 aliphatic carbocycles. The Kier molecular flexibility index (Phi) is 10.2. The Morgan fingerprint density at radius 1 is 1.00 bits per heavy atom. The predicted octanol–water partition coefficient (Wildman–Crippen LogP) is 4.95. The number of hydrogen-bond acceptors (Lipinski definition) is 9. The molecule has 46 heavy (non-hydrogen) atoms. The molecule has 1 unspecified atom stereocenters. The highest BCUT2D eigenvalue weighted by atomic mass is 35.5. The molecule has 0 spiro atoms. The van der Waals surface area contributed by atoms with Crippen LogP contribution in [0.2, 0.25) is 10.0 Å². The van der Waals surface area contributed by atoms with Crippen LogP contribution >= 0.6 is 23.2 Å². The van der Waals surface area contributed by atoms with Crippen molar-refractivity contribution in [1.82, 2.24) is 9.80 Å². The van der Waals surface area contributed by atoms with Crippen LogP contribution in [0, 0.1) is 5.82 Å². The molecule has 246 valence electrons. The number of anilines is 2. The highest BCUT2D eigenvalue weighted by Gasteiger charge is 2.31. The first-order valence-corrected chi connectivity index (χ1v) is 16.0. The topological polar surface area (TPSA) is 98.2 Å². The molecule has 0 amide bonds. The molecule has 2 fully saturated rings. The average Bonchev–Trinajstić information content (AvgIpc) is 3.07. The van der Waals surface area contributed by atoms with Crippen LogP contribution in [0.4, 0.5) is 15.8 Å². The molecule has 3 aromatic rings. The molecule has 3 heterocycles. The van der Waals surface area contributed by atoms with E-state index in [4.69, 9.17) is 37.4 Å². The molecule has 13 heteroatoms. The van der Waals surface area contributed by atoms with E-state index in [9.17, 15) is 15.0 Å². The third kappa shape index (κ3) is 6.77. The van der Waals surface area contributed by atoms with Gasteiger partial charge in [0.2, 0.25) is 0 Å². The Labute approximate surface area is 277 Å². The van der Waals surface area contributed by atoms with E-state index in [1.54, 1.807) is 30.2 Å². The minimum atomic E-state index is -1.18. The molecule has 0 aromatic heterocycles. The molecule has 2 N–H and O–H groups in total. The van der Waals surface area contributed by atoms with Crippen LogP contribution in [-0.4, -0.2) is 105 Å². The zero-order valence-corrected chi connectivity index (χ0v) is 27.1. The number of methoxy groups -OCH3 is 1. The van der Waals surface area contributed by atoms with Crippen LogP contribution in [0.1, 0.15) is 27.7 Å². The lowest BCUT2D eigenvalue weighted by molar-refractivity contribution is -0.0565. The number of fused-ring (bicyclic) bond motifs is 1. The third-order valence-corrected chi connectivity index (χ3v) is 9.45. The highest BCUT2D eigenvalue weighted by molar-refractivity contribution is 6.36. The first-order chi connectivity index (χ1) is 22.2. The fourth-order valence-corrected chi connectivity index (χ4v) is 6.97. The largest absolute Gasteiger partial charge is 0.478 e. The van der Waals surface area contributed by atoms with Gasteiger partial charge in [-0.3, -0.25) is 4.90 Å². The number of aliphatic hydroxyl groups is 1. The Bertz CT molecular complexity index is 1560. The molecule has 3 aromatic carbocycles. The minimum absolute atomic E-state index is 0.0496. The normalized spacial score (nSPS) is 18.3. The maximum Gasteiger partial charge on any atom is 0.337 e. The second kappa shape index (κ2) is 14.3. The van der Waals surface area contributed by atoms with Gasteiger partial charge in [-0.15, -0.1) is 0 Å². The van der Waals surface area contributed by atoms with Crippen molar-refractivity contribution in [2.75, 3.05) is 89.3 Å². The summed E-state index contributed by atoms with van der Waals surface area (Å²) >= 11 is 13.5. The Morgan fingerprint density at radius 2 is 1.72 bits per heavy atom. The summed E-state index contributed by atoms with van der Waals surface area (Å²) in [5.41, 5.74) is 3.29. The van der Waals surface area contributed by atoms with Crippen molar-refractivity contribution in [1.29, 1.82) is 0 Å². The van der Waals surface area contributed by atoms with Crippen LogP contribution in [0.15, 0.2) is 42.5 Å². The number of aromatic carboxylic acids is 1. The van der Waals surface area contributed by atoms with Crippen molar-refractivity contribution in [2.45, 2.75) is 12.8 Å². The summed E-state index contributed by atoms with van der Waals surface area (Å²) in [7, 11) is 1.70. The summed E-state index contributed by atoms with van der Waals surface area (Å²) in [4.78, 5) is 20.2. The van der Waals surface area contributed by atoms with Crippen LogP contribution in [-0.2, 0) is 16.0 Å². The molecular formula is C33H37Cl2FN4O6. The van der Waals surface area contributed by atoms with E-state index in [2.05, 4.69) is 9.80 Å². The van der Waals surface area contributed by atoms with Crippen molar-refractivity contribution in [3.05, 3.63) is 75.0 Å². The predicted molar refractivity (Wildman–Crippen MR) is 175 cm³/mol. The molecule has 1 atom stereocenters. The van der Waals surface area contributed by atoms with E-state index < -0.39 is 18.0 Å². The molecule has 0 bridgehead atoms. The number of aliphatic hydroxyl groups excluding tert-OH is 1. The number of benzene rings is 3. The summed E-state index contributed by atoms with van der Waals surface area (Å²) in [6.45, 7) is 7.21. The Morgan fingerprint density at radius 3 is 2.39 bits per heavy atom. The number of morpholine rings is 1. The molecule has 0 radical (unpaired) electrons. The van der Waals surface area contributed by atoms with E-state index in [1.807, 2.05) is 17.0 Å². The standard InChI is InChI=1S/C33H37Cl2FN4O6/c1-44-13-10-37-6-8-38(9-7-37)23-17-25(34)30(26(35)18-23)32(41)40-19-22-3-5-27(36)29(31(22)46-20-40)21-2-4-24(33(42)43)28(16-21)39-11-14-45-15-12-39/h2-5,16-18,32,41H,6-15,19-20H2,1H3,(H,42,43). The van der Waals surface area contributed by atoms with Gasteiger partial charge >= 0.3 is 5.97 Å². The van der Waals surface area contributed by atoms with Crippen molar-refractivity contribution < 1.29 is 33.6 Å².